The smallest absolute Gasteiger partial charge is 0.238 e. The van der Waals surface area contributed by atoms with Crippen LogP contribution in [0.4, 0.5) is 0 Å². The maximum absolute atomic E-state index is 6.49. The Hall–Kier alpha value is -9.39. The number of nitrogens with zero attached hydrogens (tertiary/aromatic N) is 4. The lowest BCUT2D eigenvalue weighted by atomic mass is 9.82. The van der Waals surface area contributed by atoms with Crippen LogP contribution in [0, 0.1) is 0 Å². The third-order valence-corrected chi connectivity index (χ3v) is 15.9. The first-order valence-corrected chi connectivity index (χ1v) is 25.0. The summed E-state index contributed by atoms with van der Waals surface area (Å²) >= 11 is 0. The van der Waals surface area contributed by atoms with Gasteiger partial charge < -0.3 is 8.83 Å². The van der Waals surface area contributed by atoms with E-state index >= 15 is 0 Å². The van der Waals surface area contributed by atoms with Gasteiger partial charge in [-0.15, -0.1) is 0 Å². The Balaban J connectivity index is 1.00. The SMILES string of the molecule is CC1(C)c2ccc(-c3cccc4c5c(n(-c6nc(-c7ccc8c(c7)oc7ccccc78)nc(-c7ccc8c(c7)oc7ccccc78)n6)c34)Cc3ccccc3-c3ccccc3-5)cc2-c2c1ccc1ccccc21. The summed E-state index contributed by atoms with van der Waals surface area (Å²) in [4.78, 5) is 16.5. The molecule has 0 N–H and O–H groups in total. The maximum atomic E-state index is 6.49. The lowest BCUT2D eigenvalue weighted by Gasteiger charge is -2.21. The number of fused-ring (bicyclic) bond motifs is 18. The van der Waals surface area contributed by atoms with Crippen LogP contribution in [0.25, 0.3) is 139 Å². The van der Waals surface area contributed by atoms with Gasteiger partial charge in [-0.2, -0.15) is 9.97 Å². The number of rotatable bonds is 4. The first kappa shape index (κ1) is 40.4. The molecule has 0 saturated heterocycles. The van der Waals surface area contributed by atoms with Crippen LogP contribution in [-0.4, -0.2) is 19.5 Å². The van der Waals surface area contributed by atoms with Gasteiger partial charge in [-0.1, -0.05) is 178 Å². The molecular formula is C67H42N4O2. The number of hydrogen-bond acceptors (Lipinski definition) is 5. The van der Waals surface area contributed by atoms with E-state index in [4.69, 9.17) is 23.8 Å². The van der Waals surface area contributed by atoms with Crippen LogP contribution in [0.5, 0.6) is 0 Å². The van der Waals surface area contributed by atoms with Crippen molar-refractivity contribution >= 4 is 65.6 Å². The molecule has 0 fully saturated rings. The molecule has 2 aliphatic carbocycles. The molecule has 0 radical (unpaired) electrons. The Kier molecular flexibility index (Phi) is 8.19. The molecule has 4 aromatic heterocycles. The molecule has 0 unspecified atom stereocenters. The second-order valence-corrected chi connectivity index (χ2v) is 20.2. The van der Waals surface area contributed by atoms with Crippen LogP contribution >= 0.6 is 0 Å². The molecule has 0 atom stereocenters. The second kappa shape index (κ2) is 14.8. The maximum Gasteiger partial charge on any atom is 0.238 e. The van der Waals surface area contributed by atoms with Crippen molar-refractivity contribution in [1.82, 2.24) is 19.5 Å². The molecule has 14 aromatic rings. The lowest BCUT2D eigenvalue weighted by molar-refractivity contribution is 0.661. The van der Waals surface area contributed by atoms with Crippen molar-refractivity contribution in [2.45, 2.75) is 25.7 Å². The van der Waals surface area contributed by atoms with Gasteiger partial charge in [0.25, 0.3) is 0 Å². The molecule has 6 heteroatoms. The van der Waals surface area contributed by atoms with Gasteiger partial charge in [0.2, 0.25) is 5.95 Å². The molecule has 4 heterocycles. The highest BCUT2D eigenvalue weighted by atomic mass is 16.3. The van der Waals surface area contributed by atoms with E-state index in [1.807, 2.05) is 36.4 Å². The quantitative estimate of drug-likeness (QED) is 0.176. The number of aromatic nitrogens is 4. The van der Waals surface area contributed by atoms with Gasteiger partial charge in [0.1, 0.15) is 22.3 Å². The Morgan fingerprint density at radius 2 is 0.959 bits per heavy atom. The molecule has 10 aromatic carbocycles. The minimum Gasteiger partial charge on any atom is -0.456 e. The van der Waals surface area contributed by atoms with Crippen molar-refractivity contribution in [3.63, 3.8) is 0 Å². The van der Waals surface area contributed by atoms with E-state index < -0.39 is 0 Å². The summed E-state index contributed by atoms with van der Waals surface area (Å²) in [7, 11) is 0. The Labute approximate surface area is 419 Å². The predicted octanol–water partition coefficient (Wildman–Crippen LogP) is 17.3. The number of hydrogen-bond donors (Lipinski definition) is 0. The standard InChI is InChI=1S/C67H42N4O2/c1-67(2)54-32-29-40(34-53(54)61-44-17-6-3-14-38(44)28-33-55(61)67)45-22-13-23-52-62-51-21-8-7-18-46(51)43-16-5-4-15-39(43)35-56(62)71(63(45)52)66-69-64(41-26-30-49-47-19-9-11-24-57(47)72-59(49)36-41)68-65(70-66)42-27-31-50-48-20-10-12-25-58(48)73-60(50)37-42/h3-34,36-37H,35H2,1-2H3. The van der Waals surface area contributed by atoms with Crippen molar-refractivity contribution in [2.24, 2.45) is 0 Å². The third-order valence-electron chi connectivity index (χ3n) is 15.9. The van der Waals surface area contributed by atoms with E-state index in [1.165, 1.54) is 60.8 Å². The molecule has 0 saturated carbocycles. The van der Waals surface area contributed by atoms with Crippen molar-refractivity contribution in [3.8, 4) is 73.2 Å². The lowest BCUT2D eigenvalue weighted by Crippen LogP contribution is -2.14. The van der Waals surface area contributed by atoms with E-state index in [0.717, 1.165) is 82.7 Å². The fourth-order valence-electron chi connectivity index (χ4n) is 12.5. The number of furan rings is 2. The molecule has 16 rings (SSSR count). The predicted molar refractivity (Wildman–Crippen MR) is 296 cm³/mol. The minimum atomic E-state index is -0.164. The number of benzene rings is 10. The normalized spacial score (nSPS) is 13.4. The van der Waals surface area contributed by atoms with Gasteiger partial charge >= 0.3 is 0 Å². The Morgan fingerprint density at radius 3 is 1.68 bits per heavy atom. The van der Waals surface area contributed by atoms with Gasteiger partial charge in [0, 0.05) is 66.7 Å². The Bertz CT molecular complexity index is 4570. The molecule has 0 bridgehead atoms. The van der Waals surface area contributed by atoms with E-state index in [2.05, 4.69) is 188 Å². The molecule has 6 nitrogen and oxygen atoms in total. The molecule has 0 aliphatic heterocycles. The third kappa shape index (κ3) is 5.77. The van der Waals surface area contributed by atoms with Crippen molar-refractivity contribution in [1.29, 1.82) is 0 Å². The Morgan fingerprint density at radius 1 is 0.397 bits per heavy atom. The highest BCUT2D eigenvalue weighted by molar-refractivity contribution is 6.11. The van der Waals surface area contributed by atoms with E-state index in [1.54, 1.807) is 0 Å². The zero-order valence-electron chi connectivity index (χ0n) is 39.9. The molecule has 0 amide bonds. The summed E-state index contributed by atoms with van der Waals surface area (Å²) in [6.07, 6.45) is 0.651. The van der Waals surface area contributed by atoms with Crippen molar-refractivity contribution in [3.05, 3.63) is 229 Å². The summed E-state index contributed by atoms with van der Waals surface area (Å²) < 4.78 is 15.3. The second-order valence-electron chi connectivity index (χ2n) is 20.2. The monoisotopic (exact) mass is 934 g/mol. The van der Waals surface area contributed by atoms with Crippen LogP contribution in [0.15, 0.2) is 215 Å². The molecule has 73 heavy (non-hydrogen) atoms. The summed E-state index contributed by atoms with van der Waals surface area (Å²) in [5.41, 5.74) is 20.4. The summed E-state index contributed by atoms with van der Waals surface area (Å²) in [5, 5.41) is 7.88. The highest BCUT2D eigenvalue weighted by Crippen LogP contribution is 2.54. The highest BCUT2D eigenvalue weighted by Gasteiger charge is 2.37. The van der Waals surface area contributed by atoms with Gasteiger partial charge in [-0.25, -0.2) is 4.98 Å². The fraction of sp³-hybridized carbons (Fsp3) is 0.0597. The fourth-order valence-corrected chi connectivity index (χ4v) is 12.5. The van der Waals surface area contributed by atoms with Crippen LogP contribution in [0.2, 0.25) is 0 Å². The van der Waals surface area contributed by atoms with Gasteiger partial charge in [0.15, 0.2) is 11.6 Å². The molecular weight excluding hydrogens is 893 g/mol. The van der Waals surface area contributed by atoms with E-state index in [-0.39, 0.29) is 5.41 Å². The average Bonchev–Trinajstić information content (AvgIpc) is 4.14. The average molecular weight is 935 g/mol. The molecule has 2 aliphatic rings. The van der Waals surface area contributed by atoms with Gasteiger partial charge in [-0.05, 0) is 103 Å². The summed E-state index contributed by atoms with van der Waals surface area (Å²) in [5.74, 6) is 1.61. The van der Waals surface area contributed by atoms with Crippen molar-refractivity contribution in [2.75, 3.05) is 0 Å². The first-order valence-electron chi connectivity index (χ1n) is 25.0. The van der Waals surface area contributed by atoms with Crippen LogP contribution in [0.3, 0.4) is 0 Å². The number of para-hydroxylation sites is 3. The first-order chi connectivity index (χ1) is 35.9. The van der Waals surface area contributed by atoms with E-state index in [0.29, 0.717) is 24.0 Å². The minimum absolute atomic E-state index is 0.164. The molecule has 342 valence electrons. The molecule has 0 spiro atoms. The summed E-state index contributed by atoms with van der Waals surface area (Å²) in [6, 6.07) is 74.0. The van der Waals surface area contributed by atoms with Crippen LogP contribution in [0.1, 0.15) is 36.2 Å². The van der Waals surface area contributed by atoms with Gasteiger partial charge in [0.05, 0.1) is 5.52 Å². The topological polar surface area (TPSA) is 69.9 Å². The zero-order chi connectivity index (χ0) is 48.1. The summed E-state index contributed by atoms with van der Waals surface area (Å²) in [6.45, 7) is 4.72. The zero-order valence-corrected chi connectivity index (χ0v) is 39.9. The van der Waals surface area contributed by atoms with Crippen molar-refractivity contribution < 1.29 is 8.83 Å². The van der Waals surface area contributed by atoms with Crippen LogP contribution in [-0.2, 0) is 11.8 Å². The van der Waals surface area contributed by atoms with Gasteiger partial charge in [-0.3, -0.25) is 4.57 Å². The van der Waals surface area contributed by atoms with E-state index in [9.17, 15) is 0 Å². The van der Waals surface area contributed by atoms with Crippen LogP contribution < -0.4 is 0 Å². The largest absolute Gasteiger partial charge is 0.456 e.